The van der Waals surface area contributed by atoms with Crippen LogP contribution < -0.4 is 19.5 Å². The van der Waals surface area contributed by atoms with Crippen molar-refractivity contribution in [2.75, 3.05) is 26.6 Å². The molecular weight excluding hydrogens is 558 g/mol. The molecule has 0 aliphatic carbocycles. The summed E-state index contributed by atoms with van der Waals surface area (Å²) in [5, 5.41) is 3.76. The second-order valence-corrected chi connectivity index (χ2v) is 9.50. The topological polar surface area (TPSA) is 78.9 Å². The van der Waals surface area contributed by atoms with E-state index < -0.39 is 17.9 Å². The van der Waals surface area contributed by atoms with Crippen LogP contribution in [0.2, 0.25) is 10.0 Å². The fraction of sp³-hybridized carbons (Fsp3) is 0.200. The lowest BCUT2D eigenvalue weighted by molar-refractivity contribution is 0.0297. The van der Waals surface area contributed by atoms with Crippen LogP contribution in [0.3, 0.4) is 0 Å². The molecule has 3 aromatic carbocycles. The number of rotatable bonds is 11. The number of carbonyl (C=O) groups is 1. The molecule has 40 heavy (non-hydrogen) atoms. The molecule has 1 atom stereocenters. The molecule has 0 aliphatic heterocycles. The van der Waals surface area contributed by atoms with Crippen LogP contribution in [0.4, 0.5) is 10.1 Å². The van der Waals surface area contributed by atoms with Gasteiger partial charge in [0.15, 0.2) is 11.5 Å². The zero-order chi connectivity index (χ0) is 28.6. The summed E-state index contributed by atoms with van der Waals surface area (Å²) >= 11 is 12.7. The summed E-state index contributed by atoms with van der Waals surface area (Å²) in [6.45, 7) is 0.353. The summed E-state index contributed by atoms with van der Waals surface area (Å²) in [6.07, 6.45) is 2.43. The molecule has 208 valence electrons. The molecule has 10 heteroatoms. The predicted molar refractivity (Wildman–Crippen MR) is 152 cm³/mol. The van der Waals surface area contributed by atoms with Crippen LogP contribution in [0.15, 0.2) is 73.1 Å². The zero-order valence-electron chi connectivity index (χ0n) is 22.0. The molecule has 0 fully saturated rings. The van der Waals surface area contributed by atoms with E-state index in [1.165, 1.54) is 39.8 Å². The van der Waals surface area contributed by atoms with E-state index in [1.54, 1.807) is 54.6 Å². The summed E-state index contributed by atoms with van der Waals surface area (Å²) in [5.74, 6) is 0.496. The second-order valence-electron chi connectivity index (χ2n) is 8.69. The van der Waals surface area contributed by atoms with Crippen LogP contribution >= 0.6 is 23.2 Å². The lowest BCUT2D eigenvalue weighted by atomic mass is 10.0. The van der Waals surface area contributed by atoms with Gasteiger partial charge in [-0.05, 0) is 53.1 Å². The van der Waals surface area contributed by atoms with Gasteiger partial charge in [0.25, 0.3) is 0 Å². The third-order valence-electron chi connectivity index (χ3n) is 6.22. The first-order valence-electron chi connectivity index (χ1n) is 12.2. The van der Waals surface area contributed by atoms with Crippen LogP contribution in [-0.4, -0.2) is 32.3 Å². The Hall–Kier alpha value is -4.01. The van der Waals surface area contributed by atoms with Crippen molar-refractivity contribution in [3.8, 4) is 17.2 Å². The van der Waals surface area contributed by atoms with Gasteiger partial charge >= 0.3 is 5.97 Å². The van der Waals surface area contributed by atoms with Crippen molar-refractivity contribution >= 4 is 34.9 Å². The molecule has 1 aromatic heterocycles. The number of halogens is 3. The summed E-state index contributed by atoms with van der Waals surface area (Å²) in [6, 6.07) is 16.7. The number of nitrogens with one attached hydrogen (secondary N) is 1. The number of anilines is 1. The van der Waals surface area contributed by atoms with Crippen LogP contribution in [-0.2, 0) is 17.7 Å². The van der Waals surface area contributed by atoms with Crippen molar-refractivity contribution in [1.29, 1.82) is 0 Å². The van der Waals surface area contributed by atoms with Crippen LogP contribution in [0.5, 0.6) is 17.2 Å². The van der Waals surface area contributed by atoms with E-state index in [1.807, 2.05) is 0 Å². The van der Waals surface area contributed by atoms with Gasteiger partial charge in [0, 0.05) is 31.4 Å². The van der Waals surface area contributed by atoms with Crippen LogP contribution in [0.1, 0.15) is 33.2 Å². The van der Waals surface area contributed by atoms with E-state index in [9.17, 15) is 9.18 Å². The van der Waals surface area contributed by atoms with Crippen molar-refractivity contribution in [1.82, 2.24) is 4.98 Å². The van der Waals surface area contributed by atoms with Crippen molar-refractivity contribution in [3.05, 3.63) is 111 Å². The number of aromatic nitrogens is 1. The fourth-order valence-corrected chi connectivity index (χ4v) is 4.54. The first-order valence-corrected chi connectivity index (χ1v) is 13.0. The average Bonchev–Trinajstić information content (AvgIpc) is 2.97. The van der Waals surface area contributed by atoms with E-state index in [4.69, 9.17) is 42.1 Å². The average molecular weight is 585 g/mol. The van der Waals surface area contributed by atoms with Crippen molar-refractivity contribution in [2.45, 2.75) is 19.1 Å². The van der Waals surface area contributed by atoms with Crippen LogP contribution in [0, 0.1) is 5.82 Å². The molecule has 0 saturated carbocycles. The molecule has 1 N–H and O–H groups in total. The second kappa shape index (κ2) is 13.4. The maximum absolute atomic E-state index is 14.2. The molecule has 1 heterocycles. The van der Waals surface area contributed by atoms with Crippen molar-refractivity contribution < 1.29 is 28.1 Å². The summed E-state index contributed by atoms with van der Waals surface area (Å²) in [4.78, 5) is 17.2. The van der Waals surface area contributed by atoms with Gasteiger partial charge in [-0.15, -0.1) is 0 Å². The van der Waals surface area contributed by atoms with Crippen molar-refractivity contribution in [2.24, 2.45) is 0 Å². The van der Waals surface area contributed by atoms with Gasteiger partial charge in [0.05, 0.1) is 42.6 Å². The van der Waals surface area contributed by atoms with E-state index in [0.717, 1.165) is 5.56 Å². The number of ether oxygens (including phenoxy) is 4. The highest BCUT2D eigenvalue weighted by Crippen LogP contribution is 2.35. The normalized spacial score (nSPS) is 11.4. The number of carbonyl (C=O) groups excluding carboxylic acids is 1. The number of hydrogen-bond acceptors (Lipinski definition) is 7. The fourth-order valence-electron chi connectivity index (χ4n) is 4.02. The highest BCUT2D eigenvalue weighted by atomic mass is 35.5. The maximum atomic E-state index is 14.2. The number of pyridine rings is 1. The molecule has 0 bridgehead atoms. The number of benzene rings is 3. The minimum Gasteiger partial charge on any atom is -0.497 e. The Morgan fingerprint density at radius 2 is 1.60 bits per heavy atom. The summed E-state index contributed by atoms with van der Waals surface area (Å²) in [5.41, 5.74) is 2.79. The van der Waals surface area contributed by atoms with Gasteiger partial charge in [-0.25, -0.2) is 9.18 Å². The predicted octanol–water partition coefficient (Wildman–Crippen LogP) is 7.31. The van der Waals surface area contributed by atoms with E-state index in [0.29, 0.717) is 56.2 Å². The number of esters is 1. The summed E-state index contributed by atoms with van der Waals surface area (Å²) in [7, 11) is 4.55. The van der Waals surface area contributed by atoms with Gasteiger partial charge in [-0.3, -0.25) is 4.98 Å². The lowest BCUT2D eigenvalue weighted by Crippen LogP contribution is -2.15. The van der Waals surface area contributed by atoms with Crippen molar-refractivity contribution in [3.63, 3.8) is 0 Å². The molecule has 7 nitrogen and oxygen atoms in total. The highest BCUT2D eigenvalue weighted by Gasteiger charge is 2.23. The lowest BCUT2D eigenvalue weighted by Gasteiger charge is -2.21. The number of hydrogen-bond donors (Lipinski definition) is 1. The van der Waals surface area contributed by atoms with Crippen LogP contribution in [0.25, 0.3) is 0 Å². The molecule has 4 rings (SSSR count). The first kappa shape index (κ1) is 29.0. The molecule has 4 aromatic rings. The molecule has 0 radical (unpaired) electrons. The molecule has 0 saturated heterocycles. The summed E-state index contributed by atoms with van der Waals surface area (Å²) < 4.78 is 36.0. The Labute approximate surface area is 241 Å². The van der Waals surface area contributed by atoms with Gasteiger partial charge in [0.2, 0.25) is 0 Å². The van der Waals surface area contributed by atoms with Gasteiger partial charge < -0.3 is 24.3 Å². The van der Waals surface area contributed by atoms with E-state index >= 15 is 0 Å². The Morgan fingerprint density at radius 3 is 2.23 bits per heavy atom. The molecule has 0 unspecified atom stereocenters. The molecule has 0 amide bonds. The maximum Gasteiger partial charge on any atom is 0.338 e. The minimum absolute atomic E-state index is 0.205. The first-order chi connectivity index (χ1) is 19.3. The van der Waals surface area contributed by atoms with Gasteiger partial charge in [-0.2, -0.15) is 0 Å². The number of methoxy groups -OCH3 is 3. The third-order valence-corrected chi connectivity index (χ3v) is 6.87. The molecular formula is C30H27Cl2FN2O5. The Kier molecular flexibility index (Phi) is 9.69. The SMILES string of the molecule is COc1ccc(NCc2ccc(C(=O)O[C@@H](Cc3c(Cl)cncc3Cl)c3ccc(OC)c(OC)c3)cc2)c(F)c1. The highest BCUT2D eigenvalue weighted by molar-refractivity contribution is 6.35. The van der Waals surface area contributed by atoms with E-state index in [-0.39, 0.29) is 6.42 Å². The Morgan fingerprint density at radius 1 is 0.900 bits per heavy atom. The quantitative estimate of drug-likeness (QED) is 0.185. The Bertz CT molecular complexity index is 1460. The standard InChI is InChI=1S/C30H27Cl2FN2O5/c1-37-21-9-10-26(25(33)13-21)35-15-18-4-6-19(7-5-18)30(36)40-28(14-22-23(31)16-34-17-24(22)32)20-8-11-27(38-2)29(12-20)39-3/h4-13,16-17,28,35H,14-15H2,1-3H3/t28-/m0/s1. The zero-order valence-corrected chi connectivity index (χ0v) is 23.6. The largest absolute Gasteiger partial charge is 0.497 e. The van der Waals surface area contributed by atoms with Gasteiger partial charge in [0.1, 0.15) is 17.7 Å². The molecule has 0 spiro atoms. The minimum atomic E-state index is -0.746. The third kappa shape index (κ3) is 6.94. The van der Waals surface area contributed by atoms with E-state index in [2.05, 4.69) is 10.3 Å². The molecule has 0 aliphatic rings. The smallest absolute Gasteiger partial charge is 0.338 e. The number of nitrogens with zero attached hydrogens (tertiary/aromatic N) is 1. The van der Waals surface area contributed by atoms with Gasteiger partial charge in [-0.1, -0.05) is 41.4 Å². The Balaban J connectivity index is 1.52. The monoisotopic (exact) mass is 584 g/mol.